The van der Waals surface area contributed by atoms with Crippen LogP contribution in [-0.4, -0.2) is 231 Å². The number of aromatic nitrogens is 1. The number of nitrogens with one attached hydrogen (secondary N) is 6. The smallest absolute Gasteiger partial charge is 0.409 e. The Labute approximate surface area is 590 Å². The molecular formula is C68H93N9O24S. The van der Waals surface area contributed by atoms with Crippen LogP contribution < -0.4 is 41.8 Å². The van der Waals surface area contributed by atoms with Gasteiger partial charge in [-0.3, -0.25) is 52.2 Å². The number of nitrogens with zero attached hydrogens (tertiary/aromatic N) is 2. The van der Waals surface area contributed by atoms with Gasteiger partial charge in [0.15, 0.2) is 17.7 Å². The zero-order valence-corrected chi connectivity index (χ0v) is 59.0. The van der Waals surface area contributed by atoms with Crippen molar-refractivity contribution < 1.29 is 115 Å². The molecule has 33 nitrogen and oxygen atoms in total. The third-order valence-electron chi connectivity index (χ3n) is 19.0. The molecular weight excluding hydrogens is 1360 g/mol. The van der Waals surface area contributed by atoms with Gasteiger partial charge >= 0.3 is 24.0 Å². The summed E-state index contributed by atoms with van der Waals surface area (Å²) in [5.41, 5.74) is 6.12. The zero-order chi connectivity index (χ0) is 75.0. The lowest BCUT2D eigenvalue weighted by atomic mass is 9.84. The maximum atomic E-state index is 15.2. The Kier molecular flexibility index (Phi) is 28.8. The largest absolute Gasteiger partial charge is 0.494 e. The number of Topliss-reactive ketones (excluding diaryl/α,β-unsaturated/α-hetero) is 2. The van der Waals surface area contributed by atoms with Gasteiger partial charge in [0.1, 0.15) is 46.9 Å². The van der Waals surface area contributed by atoms with Crippen molar-refractivity contribution in [1.29, 1.82) is 0 Å². The Hall–Kier alpha value is -9.12. The number of aromatic amines is 1. The number of carbonyl (C=O) groups excluding carboxylic acids is 12. The quantitative estimate of drug-likeness (QED) is 0.0357. The molecule has 5 heterocycles. The first kappa shape index (κ1) is 80.2. The molecule has 3 aromatic rings. The van der Waals surface area contributed by atoms with E-state index < -0.39 is 242 Å². The minimum absolute atomic E-state index is 0.0941. The number of carbonyl (C=O) groups is 13. The molecule has 2 fully saturated rings. The molecule has 3 unspecified atom stereocenters. The number of esters is 2. The second-order valence-corrected chi connectivity index (χ2v) is 27.9. The number of amides is 8. The minimum atomic E-state index is -2.39. The zero-order valence-electron chi connectivity index (χ0n) is 58.2. The Morgan fingerprint density at radius 3 is 2.22 bits per heavy atom. The fourth-order valence-electron chi connectivity index (χ4n) is 12.7. The van der Waals surface area contributed by atoms with Gasteiger partial charge in [-0.25, -0.2) is 14.4 Å². The van der Waals surface area contributed by atoms with E-state index in [0.29, 0.717) is 55.3 Å². The molecule has 0 radical (unpaired) electrons. The van der Waals surface area contributed by atoms with Crippen molar-refractivity contribution in [2.75, 3.05) is 59.3 Å². The van der Waals surface area contributed by atoms with E-state index in [1.54, 1.807) is 52.9 Å². The van der Waals surface area contributed by atoms with Gasteiger partial charge in [0, 0.05) is 87.9 Å². The molecule has 7 rings (SSSR count). The van der Waals surface area contributed by atoms with Crippen LogP contribution in [0.2, 0.25) is 0 Å². The lowest BCUT2D eigenvalue weighted by molar-refractivity contribution is -0.243. The van der Waals surface area contributed by atoms with Crippen LogP contribution in [0, 0.1) is 35.5 Å². The topological polar surface area (TPSA) is 484 Å². The van der Waals surface area contributed by atoms with E-state index >= 15 is 4.21 Å². The lowest BCUT2D eigenvalue weighted by Crippen LogP contribution is -2.56. The maximum absolute atomic E-state index is 15.2. The molecule has 34 heteroatoms. The van der Waals surface area contributed by atoms with Crippen molar-refractivity contribution in [3.8, 4) is 11.5 Å². The average Bonchev–Trinajstić information content (AvgIpc) is 1.78. The van der Waals surface area contributed by atoms with Crippen LogP contribution in [0.1, 0.15) is 121 Å². The number of methoxy groups -OCH3 is 1. The summed E-state index contributed by atoms with van der Waals surface area (Å²) in [5.74, 6) is -17.7. The van der Waals surface area contributed by atoms with Crippen molar-refractivity contribution in [1.82, 2.24) is 41.4 Å². The number of H-pyrrole nitrogens is 1. The van der Waals surface area contributed by atoms with Gasteiger partial charge in [0.2, 0.25) is 47.6 Å². The van der Waals surface area contributed by atoms with Gasteiger partial charge < -0.3 is 95.9 Å². The van der Waals surface area contributed by atoms with Gasteiger partial charge in [-0.05, 0) is 60.6 Å². The number of ketones is 2. The minimum Gasteiger partial charge on any atom is -0.494 e. The normalized spacial score (nSPS) is 26.7. The number of hydrogen-bond donors (Lipinski definition) is 11. The van der Waals surface area contributed by atoms with Crippen molar-refractivity contribution in [2.24, 2.45) is 41.2 Å². The van der Waals surface area contributed by atoms with Crippen LogP contribution in [0.5, 0.6) is 11.5 Å². The molecule has 2 aromatic carbocycles. The third kappa shape index (κ3) is 20.8. The Morgan fingerprint density at radius 1 is 0.853 bits per heavy atom. The van der Waals surface area contributed by atoms with Crippen LogP contribution in [0.4, 0.5) is 4.79 Å². The molecule has 8 amide bonds. The molecule has 2 saturated heterocycles. The number of carboxylic acid groups (broad SMARTS) is 1. The highest BCUT2D eigenvalue weighted by Gasteiger charge is 2.50. The average molecular weight is 1450 g/mol. The number of aliphatic hydroxyl groups is 3. The molecule has 0 saturated carbocycles. The molecule has 102 heavy (non-hydrogen) atoms. The van der Waals surface area contributed by atoms with Gasteiger partial charge in [0.05, 0.1) is 85.7 Å². The van der Waals surface area contributed by atoms with Crippen LogP contribution in [-0.2, 0) is 95.5 Å². The second-order valence-electron chi connectivity index (χ2n) is 26.5. The number of aromatic carboxylic acids is 1. The Balaban J connectivity index is 1.09. The first-order valence-corrected chi connectivity index (χ1v) is 35.2. The molecule has 560 valence electrons. The Bertz CT molecular complexity index is 3640. The summed E-state index contributed by atoms with van der Waals surface area (Å²) in [5, 5.41) is 55.0. The third-order valence-corrected chi connectivity index (χ3v) is 20.5. The summed E-state index contributed by atoms with van der Waals surface area (Å²) < 4.78 is 49.0. The Morgan fingerprint density at radius 2 is 1.55 bits per heavy atom. The number of hydrogen-bond acceptors (Lipinski definition) is 23. The predicted octanol–water partition coefficient (Wildman–Crippen LogP) is -0.0580. The van der Waals surface area contributed by atoms with E-state index in [-0.39, 0.29) is 40.6 Å². The summed E-state index contributed by atoms with van der Waals surface area (Å²) in [4.78, 5) is 183. The SMILES string of the molecule is CC[C@H](C)C1NC(=O)CNC(=O)[C@H]2CC(=O)[C@H]([C@@H](C)[C@@H](O)CO)NC(=O)[C@@H]3C[C@@H](O)CN3C(=O)[C@H](CC(N)=O)CC(=O)[C@H](CS(=O)c3[nH]c4cc(OCCCCCCN(C)C(=O)OCc5ccc(OC6O[C@H](C(=O)OC)[C@@H](OC(C)=O)[C@H](C)[C@H]6C)c(C(=O)O)c5)ccc4c3C2)NC(=O)CNC1=O. The molecule has 0 aliphatic carbocycles. The molecule has 16 atom stereocenters. The van der Waals surface area contributed by atoms with Gasteiger partial charge in [-0.2, -0.15) is 0 Å². The first-order valence-electron chi connectivity index (χ1n) is 33.9. The van der Waals surface area contributed by atoms with Crippen LogP contribution >= 0.6 is 0 Å². The van der Waals surface area contributed by atoms with Crippen LogP contribution in [0.15, 0.2) is 41.4 Å². The van der Waals surface area contributed by atoms with E-state index in [9.17, 15) is 82.8 Å². The number of rotatable bonds is 22. The first-order chi connectivity index (χ1) is 48.3. The number of primary amides is 1. The van der Waals surface area contributed by atoms with E-state index in [1.807, 2.05) is 0 Å². The fourth-order valence-corrected chi connectivity index (χ4v) is 14.1. The summed E-state index contributed by atoms with van der Waals surface area (Å²) in [7, 11) is 0.296. The number of ether oxygens (including phenoxy) is 6. The van der Waals surface area contributed by atoms with Crippen molar-refractivity contribution in [3.63, 3.8) is 0 Å². The number of benzene rings is 2. The van der Waals surface area contributed by atoms with Crippen LogP contribution in [0.3, 0.4) is 0 Å². The number of fused-ring (bicyclic) bond motifs is 5. The van der Waals surface area contributed by atoms with Gasteiger partial charge in [-0.15, -0.1) is 0 Å². The molecule has 4 aliphatic heterocycles. The fraction of sp³-hybridized carbons (Fsp3) is 0.603. The molecule has 0 spiro atoms. The molecule has 2 bridgehead atoms. The molecule has 12 N–H and O–H groups in total. The van der Waals surface area contributed by atoms with E-state index in [1.165, 1.54) is 36.9 Å². The highest BCUT2D eigenvalue weighted by molar-refractivity contribution is 7.85. The lowest BCUT2D eigenvalue weighted by Gasteiger charge is -2.42. The number of carboxylic acids is 1. The van der Waals surface area contributed by atoms with Gasteiger partial charge in [0.25, 0.3) is 0 Å². The highest BCUT2D eigenvalue weighted by atomic mass is 32.2. The molecule has 1 aromatic heterocycles. The van der Waals surface area contributed by atoms with Crippen molar-refractivity contribution in [3.05, 3.63) is 53.1 Å². The maximum Gasteiger partial charge on any atom is 0.409 e. The van der Waals surface area contributed by atoms with Crippen molar-refractivity contribution >= 4 is 98.6 Å². The van der Waals surface area contributed by atoms with E-state index in [2.05, 4.69) is 31.6 Å². The summed E-state index contributed by atoms with van der Waals surface area (Å²) in [6, 6.07) is 2.67. The van der Waals surface area contributed by atoms with Gasteiger partial charge in [-0.1, -0.05) is 59.9 Å². The summed E-state index contributed by atoms with van der Waals surface area (Å²) in [6.07, 6.45) is -7.68. The standard InChI is InChI=1S/C68H93N9O24S/c1-9-33(2)56-62(89)71-27-54(85)72-47-32-102(95)63-44(21-39(60(87)70-28-55(86)74-56)22-50(82)57(36(5)51(83)30-78)75-61(88)48-25-41(80)29-77(48)64(90)40(23-49(47)81)24-53(69)84)43-16-15-42(26-46(43)73-63)97-19-13-11-10-12-18-76(7)68(94)98-31-38-14-17-52(45(20-38)65(91)92)100-67-35(4)34(3)58(99-37(6)79)59(101-67)66(93)96-8/h14-17,20,26,33-36,39-41,47-48,51,56-59,67,73,78,80,83H,9-13,18-19,21-25,27-32H2,1-8H3,(H2,69,84)(H,70,87)(H,71,89)(H,72,85)(H,74,86)(H,75,88)(H,91,92)/t33-,34+,35+,36-,39+,40-,41+,47-,48-,51-,56?,57-,58-,59-,67?,102?/m0/s1. The highest BCUT2D eigenvalue weighted by Crippen LogP contribution is 2.37. The summed E-state index contributed by atoms with van der Waals surface area (Å²) in [6.45, 7) is 6.68. The van der Waals surface area contributed by atoms with Crippen molar-refractivity contribution in [2.45, 2.75) is 172 Å². The van der Waals surface area contributed by atoms with Crippen LogP contribution in [0.25, 0.3) is 10.9 Å². The monoisotopic (exact) mass is 1450 g/mol. The number of nitrogens with two attached hydrogens (primary N) is 1. The molecule has 4 aliphatic rings. The number of aliphatic hydroxyl groups excluding tert-OH is 3. The predicted molar refractivity (Wildman–Crippen MR) is 358 cm³/mol. The van der Waals surface area contributed by atoms with E-state index in [4.69, 9.17) is 34.2 Å². The summed E-state index contributed by atoms with van der Waals surface area (Å²) >= 11 is 0. The second kappa shape index (κ2) is 36.7. The van der Waals surface area contributed by atoms with E-state index in [0.717, 1.165) is 12.0 Å². The number of unbranched alkanes of at least 4 members (excludes halogenated alkanes) is 3.